The summed E-state index contributed by atoms with van der Waals surface area (Å²) >= 11 is 1.33. The highest BCUT2D eigenvalue weighted by molar-refractivity contribution is 7.22. The van der Waals surface area contributed by atoms with Gasteiger partial charge in [0, 0.05) is 5.56 Å². The summed E-state index contributed by atoms with van der Waals surface area (Å²) in [6.45, 7) is 8.66. The lowest BCUT2D eigenvalue weighted by Crippen LogP contribution is -2.29. The van der Waals surface area contributed by atoms with E-state index in [0.29, 0.717) is 46.7 Å². The number of thiazole rings is 1. The van der Waals surface area contributed by atoms with Crippen LogP contribution in [-0.2, 0) is 9.59 Å². The van der Waals surface area contributed by atoms with Gasteiger partial charge >= 0.3 is 5.91 Å². The van der Waals surface area contributed by atoms with Gasteiger partial charge in [-0.1, -0.05) is 23.5 Å². The first-order valence-corrected chi connectivity index (χ1v) is 13.8. The second-order valence-corrected chi connectivity index (χ2v) is 10.4. The van der Waals surface area contributed by atoms with Gasteiger partial charge in [-0.2, -0.15) is 0 Å². The Morgan fingerprint density at radius 2 is 1.70 bits per heavy atom. The van der Waals surface area contributed by atoms with Crippen LogP contribution < -0.4 is 19.1 Å². The summed E-state index contributed by atoms with van der Waals surface area (Å²) in [7, 11) is 1.52. The molecule has 1 unspecified atom stereocenters. The first-order valence-electron chi connectivity index (χ1n) is 13.0. The summed E-state index contributed by atoms with van der Waals surface area (Å²) in [6.07, 6.45) is 0. The lowest BCUT2D eigenvalue weighted by molar-refractivity contribution is -0.132. The summed E-state index contributed by atoms with van der Waals surface area (Å²) < 4.78 is 17.7. The average Bonchev–Trinajstić information content (AvgIpc) is 3.47. The fourth-order valence-corrected chi connectivity index (χ4v) is 6.14. The number of rotatable bonds is 8. The highest BCUT2D eigenvalue weighted by Gasteiger charge is 2.48. The van der Waals surface area contributed by atoms with Crippen molar-refractivity contribution in [2.45, 2.75) is 33.7 Å². The first-order chi connectivity index (χ1) is 19.3. The van der Waals surface area contributed by atoms with E-state index in [9.17, 15) is 14.7 Å². The molecular weight excluding hydrogens is 528 g/mol. The fourth-order valence-electron chi connectivity index (χ4n) is 4.97. The molecule has 1 aliphatic rings. The topological polar surface area (TPSA) is 98.2 Å². The summed E-state index contributed by atoms with van der Waals surface area (Å²) in [5, 5.41) is 11.8. The van der Waals surface area contributed by atoms with E-state index >= 15 is 0 Å². The molecule has 4 aromatic rings. The fraction of sp³-hybridized carbons (Fsp3) is 0.258. The highest BCUT2D eigenvalue weighted by Crippen LogP contribution is 2.46. The molecule has 9 heteroatoms. The molecular formula is C31H30N2O6S. The van der Waals surface area contributed by atoms with Crippen LogP contribution in [0, 0.1) is 13.8 Å². The molecule has 40 heavy (non-hydrogen) atoms. The van der Waals surface area contributed by atoms with Gasteiger partial charge in [0.1, 0.15) is 11.5 Å². The number of nitrogens with zero attached hydrogens (tertiary/aromatic N) is 2. The number of ketones is 1. The van der Waals surface area contributed by atoms with Gasteiger partial charge in [0.05, 0.1) is 42.2 Å². The van der Waals surface area contributed by atoms with E-state index in [1.54, 1.807) is 42.5 Å². The van der Waals surface area contributed by atoms with Gasteiger partial charge in [0.2, 0.25) is 0 Å². The van der Waals surface area contributed by atoms with Crippen LogP contribution in [0.2, 0.25) is 0 Å². The van der Waals surface area contributed by atoms with E-state index in [0.717, 1.165) is 21.3 Å². The molecule has 1 atom stereocenters. The number of carbonyl (C=O) groups excluding carboxylic acids is 2. The average molecular weight is 559 g/mol. The monoisotopic (exact) mass is 558 g/mol. The van der Waals surface area contributed by atoms with E-state index in [1.165, 1.54) is 23.3 Å². The number of Topliss-reactive ketones (excluding diaryl/α,β-unsaturated/α-hetero) is 1. The Morgan fingerprint density at radius 3 is 2.38 bits per heavy atom. The van der Waals surface area contributed by atoms with Crippen molar-refractivity contribution in [1.82, 2.24) is 4.98 Å². The number of methoxy groups -OCH3 is 1. The van der Waals surface area contributed by atoms with Crippen molar-refractivity contribution in [3.8, 4) is 17.2 Å². The molecule has 0 bridgehead atoms. The Kier molecular flexibility index (Phi) is 7.49. The Balaban J connectivity index is 1.72. The van der Waals surface area contributed by atoms with Crippen molar-refractivity contribution < 1.29 is 28.9 Å². The summed E-state index contributed by atoms with van der Waals surface area (Å²) in [4.78, 5) is 33.4. The molecule has 1 amide bonds. The van der Waals surface area contributed by atoms with Crippen LogP contribution in [0.5, 0.6) is 17.2 Å². The molecule has 1 aliphatic heterocycles. The molecule has 2 heterocycles. The molecule has 8 nitrogen and oxygen atoms in total. The molecule has 0 radical (unpaired) electrons. The molecule has 1 N–H and O–H groups in total. The van der Waals surface area contributed by atoms with Gasteiger partial charge in [-0.25, -0.2) is 4.98 Å². The second-order valence-electron chi connectivity index (χ2n) is 9.39. The van der Waals surface area contributed by atoms with Crippen molar-refractivity contribution in [3.05, 3.63) is 82.4 Å². The predicted octanol–water partition coefficient (Wildman–Crippen LogP) is 6.35. The first kappa shape index (κ1) is 27.2. The summed E-state index contributed by atoms with van der Waals surface area (Å²) in [5.41, 5.74) is 3.74. The maximum absolute atomic E-state index is 13.6. The number of carbonyl (C=O) groups is 2. The van der Waals surface area contributed by atoms with Crippen LogP contribution in [0.4, 0.5) is 5.13 Å². The van der Waals surface area contributed by atoms with Crippen LogP contribution in [0.1, 0.15) is 42.1 Å². The van der Waals surface area contributed by atoms with Gasteiger partial charge in [0.25, 0.3) is 5.78 Å². The molecule has 206 valence electrons. The van der Waals surface area contributed by atoms with Gasteiger partial charge in [-0.15, -0.1) is 0 Å². The Labute approximate surface area is 236 Å². The van der Waals surface area contributed by atoms with Crippen LogP contribution in [0.25, 0.3) is 16.0 Å². The van der Waals surface area contributed by atoms with E-state index in [2.05, 4.69) is 0 Å². The number of aryl methyl sites for hydroxylation is 2. The molecule has 3 aromatic carbocycles. The van der Waals surface area contributed by atoms with Crippen molar-refractivity contribution >= 4 is 44.1 Å². The lowest BCUT2D eigenvalue weighted by atomic mass is 9.95. The zero-order valence-corrected chi connectivity index (χ0v) is 23.8. The molecule has 0 spiro atoms. The molecule has 0 aliphatic carbocycles. The number of anilines is 1. The molecule has 5 rings (SSSR count). The minimum absolute atomic E-state index is 0.0347. The maximum atomic E-state index is 13.6. The minimum atomic E-state index is -0.946. The number of ether oxygens (including phenoxy) is 3. The Hall–Kier alpha value is -4.37. The SMILES string of the molecule is CCOc1ccc(/C(O)=C2\C(=O)C(=O)N(c3nc4c(C)cc(C)cc4s3)C2c2ccc(OCC)c(OC)c2)cc1. The number of benzene rings is 3. The van der Waals surface area contributed by atoms with Crippen molar-refractivity contribution in [2.75, 3.05) is 25.2 Å². The number of hydrogen-bond donors (Lipinski definition) is 1. The number of aliphatic hydroxyl groups is 1. The van der Waals surface area contributed by atoms with E-state index in [1.807, 2.05) is 39.8 Å². The molecule has 1 fully saturated rings. The third-order valence-corrected chi connectivity index (χ3v) is 7.71. The predicted molar refractivity (Wildman–Crippen MR) is 156 cm³/mol. The summed E-state index contributed by atoms with van der Waals surface area (Å²) in [5.74, 6) is -0.234. The number of aliphatic hydroxyl groups excluding tert-OH is 1. The molecule has 1 saturated heterocycles. The number of hydrogen-bond acceptors (Lipinski definition) is 8. The smallest absolute Gasteiger partial charge is 0.301 e. The standard InChI is InChI=1S/C31H30N2O6S/c1-6-38-21-11-8-19(9-12-21)28(34)25-27(20-10-13-22(39-7-2)23(16-20)37-5)33(30(36)29(25)35)31-32-26-18(4)14-17(3)15-24(26)40-31/h8-16,27,34H,6-7H2,1-5H3/b28-25+. The van der Waals surface area contributed by atoms with E-state index in [4.69, 9.17) is 19.2 Å². The Morgan fingerprint density at radius 1 is 0.975 bits per heavy atom. The zero-order valence-electron chi connectivity index (χ0n) is 23.0. The minimum Gasteiger partial charge on any atom is -0.507 e. The lowest BCUT2D eigenvalue weighted by Gasteiger charge is -2.24. The van der Waals surface area contributed by atoms with Gasteiger partial charge in [-0.3, -0.25) is 14.5 Å². The zero-order chi connectivity index (χ0) is 28.6. The van der Waals surface area contributed by atoms with Crippen LogP contribution in [-0.4, -0.2) is 42.1 Å². The third-order valence-electron chi connectivity index (χ3n) is 6.71. The number of amides is 1. The molecule has 1 aromatic heterocycles. The van der Waals surface area contributed by atoms with Crippen LogP contribution in [0.15, 0.2) is 60.2 Å². The van der Waals surface area contributed by atoms with Crippen molar-refractivity contribution in [3.63, 3.8) is 0 Å². The van der Waals surface area contributed by atoms with Crippen LogP contribution >= 0.6 is 11.3 Å². The largest absolute Gasteiger partial charge is 0.507 e. The van der Waals surface area contributed by atoms with Gasteiger partial charge in [0.15, 0.2) is 16.6 Å². The number of aromatic nitrogens is 1. The van der Waals surface area contributed by atoms with Gasteiger partial charge in [-0.05, 0) is 86.8 Å². The molecule has 0 saturated carbocycles. The number of fused-ring (bicyclic) bond motifs is 1. The van der Waals surface area contributed by atoms with E-state index < -0.39 is 17.7 Å². The highest BCUT2D eigenvalue weighted by atomic mass is 32.1. The normalized spacial score (nSPS) is 16.5. The quantitative estimate of drug-likeness (QED) is 0.153. The van der Waals surface area contributed by atoms with Gasteiger partial charge < -0.3 is 19.3 Å². The third kappa shape index (κ3) is 4.77. The summed E-state index contributed by atoms with van der Waals surface area (Å²) in [6, 6.07) is 15.1. The Bertz CT molecular complexity index is 1640. The van der Waals surface area contributed by atoms with Crippen LogP contribution in [0.3, 0.4) is 0 Å². The second kappa shape index (κ2) is 11.0. The maximum Gasteiger partial charge on any atom is 0.301 e. The van der Waals surface area contributed by atoms with Crippen molar-refractivity contribution in [1.29, 1.82) is 0 Å². The van der Waals surface area contributed by atoms with Crippen molar-refractivity contribution in [2.24, 2.45) is 0 Å². The van der Waals surface area contributed by atoms with E-state index in [-0.39, 0.29) is 11.3 Å².